The number of hydrogen-bond donors (Lipinski definition) is 2. The molecule has 1 heterocycles. The fraction of sp³-hybridized carbons (Fsp3) is 0. The molecule has 0 aliphatic carbocycles. The van der Waals surface area contributed by atoms with Crippen molar-refractivity contribution in [2.75, 3.05) is 0 Å². The Hall–Kier alpha value is -1.43. The molecule has 0 amide bonds. The van der Waals surface area contributed by atoms with Gasteiger partial charge < -0.3 is 10.6 Å². The van der Waals surface area contributed by atoms with Crippen molar-refractivity contribution in [3.63, 3.8) is 0 Å². The number of hydrogen-bond acceptors (Lipinski definition) is 6. The lowest BCUT2D eigenvalue weighted by Crippen LogP contribution is -2.22. The highest BCUT2D eigenvalue weighted by molar-refractivity contribution is 7.47. The second kappa shape index (κ2) is 3.67. The molecule has 0 spiro atoms. The molecule has 0 unspecified atom stereocenters. The number of carbonyl (C=O) groups excluding carboxylic acids is 1. The Labute approximate surface area is 68.2 Å². The summed E-state index contributed by atoms with van der Waals surface area (Å²) in [5.74, 6) is -0.614. The molecular weight excluding hydrogens is 166 g/mol. The predicted molar refractivity (Wildman–Crippen MR) is 39.4 cm³/mol. The molecule has 0 aromatic heterocycles. The van der Waals surface area contributed by atoms with Crippen molar-refractivity contribution in [3.8, 4) is 0 Å². The van der Waals surface area contributed by atoms with Gasteiger partial charge in [-0.25, -0.2) is 4.79 Å². The molecule has 0 atom stereocenters. The summed E-state index contributed by atoms with van der Waals surface area (Å²) < 4.78 is 2.81. The van der Waals surface area contributed by atoms with Crippen LogP contribution in [0.3, 0.4) is 0 Å². The van der Waals surface area contributed by atoms with Crippen molar-refractivity contribution in [2.24, 2.45) is 4.53 Å². The Morgan fingerprint density at radius 2 is 2.45 bits per heavy atom. The Kier molecular flexibility index (Phi) is 2.56. The fourth-order valence-electron chi connectivity index (χ4n) is 0.554. The van der Waals surface area contributed by atoms with Gasteiger partial charge in [0.05, 0.1) is 12.4 Å². The van der Waals surface area contributed by atoms with Crippen LogP contribution in [0, 0.1) is 0 Å². The third-order valence-corrected chi connectivity index (χ3v) is 1.06. The van der Waals surface area contributed by atoms with Gasteiger partial charge in [-0.05, 0) is 4.53 Å². The molecule has 0 saturated heterocycles. The van der Waals surface area contributed by atoms with E-state index in [0.29, 0.717) is 0 Å². The van der Waals surface area contributed by atoms with Crippen LogP contribution in [-0.2, 0) is 22.1 Å². The summed E-state index contributed by atoms with van der Waals surface area (Å²) in [7, 11) is 0. The molecule has 5 nitrogen and oxygen atoms in total. The third-order valence-electron chi connectivity index (χ3n) is 0.986. The highest BCUT2D eigenvalue weighted by Crippen LogP contribution is 1.95. The molecule has 1 rings (SSSR count). The normalized spacial score (nSPS) is 14.0. The molecule has 2 N–H and O–H groups in total. The minimum absolute atomic E-state index is 0.265. The summed E-state index contributed by atoms with van der Waals surface area (Å²) in [5, 5.41) is 5.33. The van der Waals surface area contributed by atoms with Crippen molar-refractivity contribution < 1.29 is 9.63 Å². The minimum atomic E-state index is -0.614. The number of carbonyl (C=O) groups is 1. The molecule has 0 bridgehead atoms. The maximum absolute atomic E-state index is 10.8. The summed E-state index contributed by atoms with van der Waals surface area (Å²) in [5.41, 5.74) is 0.265. The van der Waals surface area contributed by atoms with E-state index in [2.05, 4.69) is 32.4 Å². The van der Waals surface area contributed by atoms with Crippen LogP contribution in [0.4, 0.5) is 0 Å². The number of nitrogens with one attached hydrogen (secondary N) is 2. The van der Waals surface area contributed by atoms with Gasteiger partial charge in [0, 0.05) is 18.6 Å². The standard InChI is InChI=1S/C5H5N3O2S/c9-5(10-8-11)4-3-6-1-2-7-4/h1-3,6-7H. The quantitative estimate of drug-likeness (QED) is 0.557. The Morgan fingerprint density at radius 3 is 3.00 bits per heavy atom. The van der Waals surface area contributed by atoms with Crippen molar-refractivity contribution in [1.82, 2.24) is 10.6 Å². The largest absolute Gasteiger partial charge is 0.384 e. The SMILES string of the molecule is O=C(ON=S)C1=CNC=CN1. The summed E-state index contributed by atoms with van der Waals surface area (Å²) in [6.45, 7) is 0. The Bertz CT molecular complexity index is 236. The average Bonchev–Trinajstić information content (AvgIpc) is 2.07. The minimum Gasteiger partial charge on any atom is -0.364 e. The predicted octanol–water partition coefficient (Wildman–Crippen LogP) is -0.320. The van der Waals surface area contributed by atoms with E-state index in [4.69, 9.17) is 0 Å². The monoisotopic (exact) mass is 171 g/mol. The van der Waals surface area contributed by atoms with Gasteiger partial charge in [-0.15, -0.1) is 0 Å². The molecule has 1 aliphatic rings. The van der Waals surface area contributed by atoms with Crippen molar-refractivity contribution in [1.29, 1.82) is 0 Å². The molecule has 0 aromatic carbocycles. The van der Waals surface area contributed by atoms with Crippen molar-refractivity contribution in [3.05, 3.63) is 24.3 Å². The van der Waals surface area contributed by atoms with Gasteiger partial charge in [0.2, 0.25) is 0 Å². The molecule has 6 heteroatoms. The summed E-state index contributed by atoms with van der Waals surface area (Å²) in [4.78, 5) is 15.0. The molecule has 1 aliphatic heterocycles. The van der Waals surface area contributed by atoms with Crippen molar-refractivity contribution in [2.45, 2.75) is 0 Å². The van der Waals surface area contributed by atoms with E-state index < -0.39 is 5.97 Å². The third kappa shape index (κ3) is 2.01. The first-order chi connectivity index (χ1) is 5.34. The summed E-state index contributed by atoms with van der Waals surface area (Å²) >= 11 is 4.09. The van der Waals surface area contributed by atoms with Gasteiger partial charge in [0.25, 0.3) is 0 Å². The lowest BCUT2D eigenvalue weighted by molar-refractivity contribution is -0.139. The highest BCUT2D eigenvalue weighted by atomic mass is 32.1. The summed E-state index contributed by atoms with van der Waals surface area (Å²) in [6.07, 6.45) is 4.63. The molecule has 0 radical (unpaired) electrons. The first-order valence-electron chi connectivity index (χ1n) is 2.76. The highest BCUT2D eigenvalue weighted by Gasteiger charge is 2.10. The van der Waals surface area contributed by atoms with Crippen LogP contribution in [0.15, 0.2) is 28.8 Å². The van der Waals surface area contributed by atoms with Gasteiger partial charge >= 0.3 is 5.97 Å². The zero-order valence-corrected chi connectivity index (χ0v) is 6.22. The first-order valence-corrected chi connectivity index (χ1v) is 3.13. The summed E-state index contributed by atoms with van der Waals surface area (Å²) in [6, 6.07) is 0. The number of rotatable bonds is 2. The smallest absolute Gasteiger partial charge is 0.364 e. The lowest BCUT2D eigenvalue weighted by atomic mass is 10.4. The van der Waals surface area contributed by atoms with Gasteiger partial charge in [-0.3, -0.25) is 4.84 Å². The van der Waals surface area contributed by atoms with Crippen LogP contribution in [0.25, 0.3) is 0 Å². The second-order valence-electron chi connectivity index (χ2n) is 1.66. The molecule has 0 fully saturated rings. The molecule has 11 heavy (non-hydrogen) atoms. The second-order valence-corrected chi connectivity index (χ2v) is 1.80. The zero-order chi connectivity index (χ0) is 8.10. The fourth-order valence-corrected chi connectivity index (χ4v) is 0.621. The Balaban J connectivity index is 2.53. The lowest BCUT2D eigenvalue weighted by Gasteiger charge is -2.06. The van der Waals surface area contributed by atoms with Crippen LogP contribution in [0.2, 0.25) is 0 Å². The van der Waals surface area contributed by atoms with Crippen LogP contribution < -0.4 is 10.6 Å². The molecular formula is C5H5N3O2S. The van der Waals surface area contributed by atoms with E-state index >= 15 is 0 Å². The maximum atomic E-state index is 10.8. The van der Waals surface area contributed by atoms with E-state index in [-0.39, 0.29) is 5.70 Å². The van der Waals surface area contributed by atoms with Crippen LogP contribution in [0.5, 0.6) is 0 Å². The molecule has 0 saturated carbocycles. The van der Waals surface area contributed by atoms with Gasteiger partial charge in [0.15, 0.2) is 0 Å². The van der Waals surface area contributed by atoms with E-state index in [9.17, 15) is 4.79 Å². The van der Waals surface area contributed by atoms with Crippen LogP contribution in [-0.4, -0.2) is 5.97 Å². The van der Waals surface area contributed by atoms with E-state index in [0.717, 1.165) is 0 Å². The van der Waals surface area contributed by atoms with Gasteiger partial charge in [0.1, 0.15) is 5.70 Å². The molecule has 58 valence electrons. The van der Waals surface area contributed by atoms with Gasteiger partial charge in [-0.1, -0.05) is 0 Å². The van der Waals surface area contributed by atoms with Crippen LogP contribution >= 0.6 is 0 Å². The Morgan fingerprint density at radius 1 is 1.64 bits per heavy atom. The number of nitrogens with zero attached hydrogens (tertiary/aromatic N) is 1. The van der Waals surface area contributed by atoms with E-state index in [1.54, 1.807) is 12.4 Å². The zero-order valence-electron chi connectivity index (χ0n) is 5.40. The maximum Gasteiger partial charge on any atom is 0.384 e. The molecule has 0 aromatic rings. The van der Waals surface area contributed by atoms with Crippen LogP contribution in [0.1, 0.15) is 0 Å². The van der Waals surface area contributed by atoms with E-state index in [1.165, 1.54) is 6.20 Å². The van der Waals surface area contributed by atoms with E-state index in [1.807, 2.05) is 0 Å². The topological polar surface area (TPSA) is 62.7 Å². The van der Waals surface area contributed by atoms with Crippen molar-refractivity contribution >= 4 is 18.4 Å². The first kappa shape index (κ1) is 7.67. The van der Waals surface area contributed by atoms with Gasteiger partial charge in [-0.2, -0.15) is 0 Å². The average molecular weight is 171 g/mol.